The van der Waals surface area contributed by atoms with Crippen molar-refractivity contribution in [3.8, 4) is 0 Å². The highest BCUT2D eigenvalue weighted by Gasteiger charge is 2.22. The molecule has 1 atom stereocenters. The zero-order valence-electron chi connectivity index (χ0n) is 9.22. The summed E-state index contributed by atoms with van der Waals surface area (Å²) in [5.41, 5.74) is 1.96. The molecule has 1 fully saturated rings. The number of amides is 1. The van der Waals surface area contributed by atoms with Crippen LogP contribution in [0.3, 0.4) is 0 Å². The van der Waals surface area contributed by atoms with Gasteiger partial charge in [-0.05, 0) is 44.0 Å². The Balaban J connectivity index is 2.07. The zero-order chi connectivity index (χ0) is 11.5. The quantitative estimate of drug-likeness (QED) is 0.875. The van der Waals surface area contributed by atoms with Gasteiger partial charge in [0.2, 0.25) is 5.91 Å². The van der Waals surface area contributed by atoms with Crippen molar-refractivity contribution in [2.24, 2.45) is 0 Å². The van der Waals surface area contributed by atoms with Crippen LogP contribution in [-0.2, 0) is 4.79 Å². The Labute approximate surface area is 104 Å². The number of anilines is 1. The fourth-order valence-electron chi connectivity index (χ4n) is 1.86. The Morgan fingerprint density at radius 2 is 2.38 bits per heavy atom. The van der Waals surface area contributed by atoms with Crippen molar-refractivity contribution in [3.05, 3.63) is 28.2 Å². The lowest BCUT2D eigenvalue weighted by Crippen LogP contribution is -2.35. The number of aryl methyl sites for hydroxylation is 1. The molecule has 0 unspecified atom stereocenters. The van der Waals surface area contributed by atoms with Crippen molar-refractivity contribution in [2.45, 2.75) is 25.8 Å². The molecule has 1 saturated heterocycles. The SMILES string of the molecule is Cc1ccc(Br)cc1NC(=O)[C@H]1CCCN1. The molecule has 4 heteroatoms. The average molecular weight is 283 g/mol. The smallest absolute Gasteiger partial charge is 0.241 e. The number of halogens is 1. The number of hydrogen-bond donors (Lipinski definition) is 2. The summed E-state index contributed by atoms with van der Waals surface area (Å²) < 4.78 is 0.979. The zero-order valence-corrected chi connectivity index (χ0v) is 10.8. The second-order valence-corrected chi connectivity index (χ2v) is 5.01. The van der Waals surface area contributed by atoms with E-state index in [1.165, 1.54) is 0 Å². The molecule has 1 heterocycles. The molecule has 1 aromatic carbocycles. The van der Waals surface area contributed by atoms with Crippen LogP contribution < -0.4 is 10.6 Å². The van der Waals surface area contributed by atoms with Crippen LogP contribution >= 0.6 is 15.9 Å². The van der Waals surface area contributed by atoms with E-state index in [1.807, 2.05) is 25.1 Å². The maximum Gasteiger partial charge on any atom is 0.241 e. The number of carbonyl (C=O) groups is 1. The summed E-state index contributed by atoms with van der Waals surface area (Å²) in [6, 6.07) is 5.86. The maximum absolute atomic E-state index is 11.9. The Morgan fingerprint density at radius 3 is 3.06 bits per heavy atom. The van der Waals surface area contributed by atoms with Gasteiger partial charge in [-0.15, -0.1) is 0 Å². The third-order valence-corrected chi connectivity index (χ3v) is 3.33. The Morgan fingerprint density at radius 1 is 1.56 bits per heavy atom. The fraction of sp³-hybridized carbons (Fsp3) is 0.417. The lowest BCUT2D eigenvalue weighted by Gasteiger charge is -2.13. The highest BCUT2D eigenvalue weighted by atomic mass is 79.9. The molecule has 0 aliphatic carbocycles. The number of benzene rings is 1. The first-order valence-electron chi connectivity index (χ1n) is 5.47. The molecule has 1 aromatic rings. The molecule has 2 rings (SSSR count). The van der Waals surface area contributed by atoms with Crippen LogP contribution in [0.25, 0.3) is 0 Å². The van der Waals surface area contributed by atoms with Gasteiger partial charge in [-0.1, -0.05) is 22.0 Å². The maximum atomic E-state index is 11.9. The molecule has 0 bridgehead atoms. The average Bonchev–Trinajstić information content (AvgIpc) is 2.76. The van der Waals surface area contributed by atoms with Crippen molar-refractivity contribution >= 4 is 27.5 Å². The number of rotatable bonds is 2. The van der Waals surface area contributed by atoms with Gasteiger partial charge in [-0.3, -0.25) is 4.79 Å². The fourth-order valence-corrected chi connectivity index (χ4v) is 2.22. The number of hydrogen-bond acceptors (Lipinski definition) is 2. The molecular weight excluding hydrogens is 268 g/mol. The minimum absolute atomic E-state index is 0.0293. The highest BCUT2D eigenvalue weighted by molar-refractivity contribution is 9.10. The van der Waals surface area contributed by atoms with Crippen molar-refractivity contribution in [2.75, 3.05) is 11.9 Å². The number of carbonyl (C=O) groups excluding carboxylic acids is 1. The van der Waals surface area contributed by atoms with Crippen molar-refractivity contribution in [1.82, 2.24) is 5.32 Å². The van der Waals surface area contributed by atoms with Crippen LogP contribution in [0.4, 0.5) is 5.69 Å². The van der Waals surface area contributed by atoms with E-state index < -0.39 is 0 Å². The minimum Gasteiger partial charge on any atom is -0.324 e. The molecule has 1 aliphatic heterocycles. The molecule has 3 nitrogen and oxygen atoms in total. The Bertz CT molecular complexity index is 400. The summed E-state index contributed by atoms with van der Waals surface area (Å²) in [5, 5.41) is 6.15. The van der Waals surface area contributed by atoms with Gasteiger partial charge in [0.25, 0.3) is 0 Å². The first kappa shape index (κ1) is 11.6. The van der Waals surface area contributed by atoms with Crippen LogP contribution in [0.5, 0.6) is 0 Å². The van der Waals surface area contributed by atoms with E-state index in [0.717, 1.165) is 35.1 Å². The predicted molar refractivity (Wildman–Crippen MR) is 68.5 cm³/mol. The predicted octanol–water partition coefficient (Wildman–Crippen LogP) is 2.45. The van der Waals surface area contributed by atoms with Crippen LogP contribution in [-0.4, -0.2) is 18.5 Å². The number of nitrogens with one attached hydrogen (secondary N) is 2. The standard InChI is InChI=1S/C12H15BrN2O/c1-8-4-5-9(13)7-11(8)15-12(16)10-3-2-6-14-10/h4-5,7,10,14H,2-3,6H2,1H3,(H,15,16)/t10-/m1/s1. The van der Waals surface area contributed by atoms with Crippen LogP contribution in [0.2, 0.25) is 0 Å². The van der Waals surface area contributed by atoms with Gasteiger partial charge in [0, 0.05) is 10.2 Å². The van der Waals surface area contributed by atoms with E-state index >= 15 is 0 Å². The molecule has 86 valence electrons. The molecule has 2 N–H and O–H groups in total. The second kappa shape index (κ2) is 4.97. The summed E-state index contributed by atoms with van der Waals surface area (Å²) in [6.45, 7) is 2.93. The summed E-state index contributed by atoms with van der Waals surface area (Å²) >= 11 is 3.40. The van der Waals surface area contributed by atoms with Gasteiger partial charge >= 0.3 is 0 Å². The second-order valence-electron chi connectivity index (χ2n) is 4.10. The highest BCUT2D eigenvalue weighted by Crippen LogP contribution is 2.21. The first-order valence-corrected chi connectivity index (χ1v) is 6.26. The molecule has 0 aromatic heterocycles. The van der Waals surface area contributed by atoms with E-state index in [2.05, 4.69) is 26.6 Å². The van der Waals surface area contributed by atoms with E-state index in [1.54, 1.807) is 0 Å². The normalized spacial score (nSPS) is 19.8. The molecule has 0 spiro atoms. The lowest BCUT2D eigenvalue weighted by molar-refractivity contribution is -0.117. The lowest BCUT2D eigenvalue weighted by atomic mass is 10.1. The Kier molecular flexibility index (Phi) is 3.61. The summed E-state index contributed by atoms with van der Waals surface area (Å²) in [4.78, 5) is 11.9. The van der Waals surface area contributed by atoms with E-state index in [-0.39, 0.29) is 11.9 Å². The molecule has 16 heavy (non-hydrogen) atoms. The largest absolute Gasteiger partial charge is 0.324 e. The van der Waals surface area contributed by atoms with Crippen LogP contribution in [0.1, 0.15) is 18.4 Å². The monoisotopic (exact) mass is 282 g/mol. The first-order chi connectivity index (χ1) is 7.66. The van der Waals surface area contributed by atoms with Gasteiger partial charge in [0.05, 0.1) is 6.04 Å². The van der Waals surface area contributed by atoms with Gasteiger partial charge in [0.15, 0.2) is 0 Å². The minimum atomic E-state index is -0.0293. The van der Waals surface area contributed by atoms with Gasteiger partial charge in [0.1, 0.15) is 0 Å². The third kappa shape index (κ3) is 2.62. The topological polar surface area (TPSA) is 41.1 Å². The molecule has 1 amide bonds. The van der Waals surface area contributed by atoms with Crippen LogP contribution in [0.15, 0.2) is 22.7 Å². The third-order valence-electron chi connectivity index (χ3n) is 2.83. The molecule has 1 aliphatic rings. The van der Waals surface area contributed by atoms with E-state index in [9.17, 15) is 4.79 Å². The van der Waals surface area contributed by atoms with Gasteiger partial charge < -0.3 is 10.6 Å². The van der Waals surface area contributed by atoms with Gasteiger partial charge in [-0.2, -0.15) is 0 Å². The van der Waals surface area contributed by atoms with Crippen molar-refractivity contribution < 1.29 is 4.79 Å². The van der Waals surface area contributed by atoms with Crippen molar-refractivity contribution in [1.29, 1.82) is 0 Å². The Hall–Kier alpha value is -0.870. The van der Waals surface area contributed by atoms with E-state index in [0.29, 0.717) is 0 Å². The molecule has 0 saturated carbocycles. The van der Waals surface area contributed by atoms with Crippen LogP contribution in [0, 0.1) is 6.92 Å². The summed E-state index contributed by atoms with van der Waals surface area (Å²) in [5.74, 6) is 0.0682. The molecule has 0 radical (unpaired) electrons. The molecular formula is C12H15BrN2O. The van der Waals surface area contributed by atoms with E-state index in [4.69, 9.17) is 0 Å². The summed E-state index contributed by atoms with van der Waals surface area (Å²) in [7, 11) is 0. The summed E-state index contributed by atoms with van der Waals surface area (Å²) in [6.07, 6.45) is 2.01. The van der Waals surface area contributed by atoms with Crippen molar-refractivity contribution in [3.63, 3.8) is 0 Å². The van der Waals surface area contributed by atoms with Gasteiger partial charge in [-0.25, -0.2) is 0 Å².